The highest BCUT2D eigenvalue weighted by molar-refractivity contribution is 6.33. The molecule has 0 saturated carbocycles. The van der Waals surface area contributed by atoms with E-state index < -0.39 is 4.92 Å². The number of hydrogen-bond acceptors (Lipinski definition) is 3. The summed E-state index contributed by atoms with van der Waals surface area (Å²) >= 11 is 11.8. The fourth-order valence-electron chi connectivity index (χ4n) is 1.56. The number of nitro groups is 1. The summed E-state index contributed by atoms with van der Waals surface area (Å²) in [6.45, 7) is 0.564. The first-order chi connectivity index (χ1) is 9.06. The average molecular weight is 297 g/mol. The molecular formula is C13H10Cl2N2O2. The van der Waals surface area contributed by atoms with Gasteiger partial charge in [-0.1, -0.05) is 35.3 Å². The van der Waals surface area contributed by atoms with Crippen molar-refractivity contribution >= 4 is 34.6 Å². The number of nitro benzene ring substituents is 1. The molecule has 0 unspecified atom stereocenters. The molecule has 2 aromatic rings. The van der Waals surface area contributed by atoms with E-state index in [0.29, 0.717) is 22.3 Å². The largest absolute Gasteiger partial charge is 0.380 e. The van der Waals surface area contributed by atoms with Crippen LogP contribution in [0.1, 0.15) is 5.56 Å². The molecule has 0 aliphatic carbocycles. The van der Waals surface area contributed by atoms with Crippen LogP contribution in [0.3, 0.4) is 0 Å². The molecule has 0 aromatic heterocycles. The number of rotatable bonds is 4. The van der Waals surface area contributed by atoms with E-state index in [4.69, 9.17) is 23.2 Å². The Morgan fingerprint density at radius 3 is 2.37 bits per heavy atom. The monoisotopic (exact) mass is 296 g/mol. The molecule has 0 aliphatic rings. The van der Waals surface area contributed by atoms with Crippen LogP contribution in [0.25, 0.3) is 0 Å². The van der Waals surface area contributed by atoms with Gasteiger partial charge in [0.25, 0.3) is 5.69 Å². The first-order valence-electron chi connectivity index (χ1n) is 5.48. The summed E-state index contributed by atoms with van der Waals surface area (Å²) < 4.78 is 0. The van der Waals surface area contributed by atoms with Crippen molar-refractivity contribution in [1.82, 2.24) is 0 Å². The third-order valence-corrected chi connectivity index (χ3v) is 3.12. The summed E-state index contributed by atoms with van der Waals surface area (Å²) in [5.74, 6) is 0. The Hall–Kier alpha value is -1.78. The van der Waals surface area contributed by atoms with E-state index in [1.54, 1.807) is 18.2 Å². The Bertz CT molecular complexity index is 600. The summed E-state index contributed by atoms with van der Waals surface area (Å²) in [4.78, 5) is 10.1. The van der Waals surface area contributed by atoms with Crippen molar-refractivity contribution in [3.8, 4) is 0 Å². The lowest BCUT2D eigenvalue weighted by Gasteiger charge is -2.08. The lowest BCUT2D eigenvalue weighted by atomic mass is 10.2. The van der Waals surface area contributed by atoms with E-state index >= 15 is 0 Å². The maximum atomic E-state index is 10.6. The fraction of sp³-hybridized carbons (Fsp3) is 0.0769. The second kappa shape index (κ2) is 5.91. The van der Waals surface area contributed by atoms with Crippen molar-refractivity contribution in [2.75, 3.05) is 5.32 Å². The van der Waals surface area contributed by atoms with E-state index in [2.05, 4.69) is 5.32 Å². The molecule has 2 aromatic carbocycles. The molecule has 4 nitrogen and oxygen atoms in total. The molecule has 6 heteroatoms. The van der Waals surface area contributed by atoms with E-state index in [-0.39, 0.29) is 5.69 Å². The van der Waals surface area contributed by atoms with Gasteiger partial charge in [0.2, 0.25) is 0 Å². The molecular weight excluding hydrogens is 287 g/mol. The maximum absolute atomic E-state index is 10.6. The average Bonchev–Trinajstić information content (AvgIpc) is 2.39. The van der Waals surface area contributed by atoms with Gasteiger partial charge in [-0.25, -0.2) is 0 Å². The molecule has 0 aliphatic heterocycles. The lowest BCUT2D eigenvalue weighted by molar-refractivity contribution is -0.384. The first-order valence-corrected chi connectivity index (χ1v) is 6.24. The number of hydrogen-bond donors (Lipinski definition) is 1. The van der Waals surface area contributed by atoms with Gasteiger partial charge in [0, 0.05) is 23.7 Å². The quantitative estimate of drug-likeness (QED) is 0.667. The molecule has 19 heavy (non-hydrogen) atoms. The van der Waals surface area contributed by atoms with Crippen LogP contribution in [-0.4, -0.2) is 4.92 Å². The zero-order chi connectivity index (χ0) is 13.8. The summed E-state index contributed by atoms with van der Waals surface area (Å²) in [7, 11) is 0. The van der Waals surface area contributed by atoms with Crippen molar-refractivity contribution < 1.29 is 4.92 Å². The minimum Gasteiger partial charge on any atom is -0.380 e. The molecule has 0 heterocycles. The van der Waals surface area contributed by atoms with Crippen LogP contribution in [0.5, 0.6) is 0 Å². The second-order valence-corrected chi connectivity index (χ2v) is 4.74. The Morgan fingerprint density at radius 1 is 1.11 bits per heavy atom. The van der Waals surface area contributed by atoms with Gasteiger partial charge in [0.05, 0.1) is 15.6 Å². The molecule has 0 atom stereocenters. The fourth-order valence-corrected chi connectivity index (χ4v) is 1.93. The van der Waals surface area contributed by atoms with Crippen LogP contribution in [0.2, 0.25) is 10.0 Å². The number of nitrogens with zero attached hydrogens (tertiary/aromatic N) is 1. The van der Waals surface area contributed by atoms with Crippen molar-refractivity contribution in [2.45, 2.75) is 6.54 Å². The van der Waals surface area contributed by atoms with Gasteiger partial charge >= 0.3 is 0 Å². The summed E-state index contributed by atoms with van der Waals surface area (Å²) in [5.41, 5.74) is 1.67. The van der Waals surface area contributed by atoms with Crippen molar-refractivity contribution in [2.24, 2.45) is 0 Å². The normalized spacial score (nSPS) is 10.2. The number of benzene rings is 2. The molecule has 98 valence electrons. The topological polar surface area (TPSA) is 55.2 Å². The standard InChI is InChI=1S/C13H10Cl2N2O2/c14-10-3-1-9(2-4-10)8-16-13-6-5-11(17(18)19)7-12(13)15/h1-7,16H,8H2. The van der Waals surface area contributed by atoms with E-state index in [9.17, 15) is 10.1 Å². The van der Waals surface area contributed by atoms with E-state index in [0.717, 1.165) is 5.56 Å². The Morgan fingerprint density at radius 2 is 1.79 bits per heavy atom. The second-order valence-electron chi connectivity index (χ2n) is 3.90. The van der Waals surface area contributed by atoms with Crippen LogP contribution in [0.4, 0.5) is 11.4 Å². The molecule has 0 bridgehead atoms. The summed E-state index contributed by atoms with van der Waals surface area (Å²) in [5, 5.41) is 14.7. The molecule has 0 fully saturated rings. The highest BCUT2D eigenvalue weighted by Gasteiger charge is 2.08. The highest BCUT2D eigenvalue weighted by atomic mass is 35.5. The minimum absolute atomic E-state index is 0.0259. The number of nitrogens with one attached hydrogen (secondary N) is 1. The van der Waals surface area contributed by atoms with Crippen LogP contribution >= 0.6 is 23.2 Å². The number of anilines is 1. The summed E-state index contributed by atoms with van der Waals surface area (Å²) in [6.07, 6.45) is 0. The lowest BCUT2D eigenvalue weighted by Crippen LogP contribution is -2.00. The third kappa shape index (κ3) is 3.59. The maximum Gasteiger partial charge on any atom is 0.271 e. The molecule has 1 N–H and O–H groups in total. The van der Waals surface area contributed by atoms with Crippen LogP contribution < -0.4 is 5.32 Å². The molecule has 2 rings (SSSR count). The Labute approximate surface area is 120 Å². The zero-order valence-electron chi connectivity index (χ0n) is 9.77. The van der Waals surface area contributed by atoms with Crippen LogP contribution in [-0.2, 0) is 6.54 Å². The van der Waals surface area contributed by atoms with Gasteiger partial charge in [-0.15, -0.1) is 0 Å². The van der Waals surface area contributed by atoms with Gasteiger partial charge in [0.15, 0.2) is 0 Å². The predicted octanol–water partition coefficient (Wildman–Crippen LogP) is 4.51. The Kier molecular flexibility index (Phi) is 4.24. The van der Waals surface area contributed by atoms with Gasteiger partial charge in [-0.2, -0.15) is 0 Å². The van der Waals surface area contributed by atoms with Crippen LogP contribution in [0.15, 0.2) is 42.5 Å². The van der Waals surface area contributed by atoms with Gasteiger partial charge < -0.3 is 5.32 Å². The van der Waals surface area contributed by atoms with Gasteiger partial charge in [0.1, 0.15) is 0 Å². The first kappa shape index (κ1) is 13.6. The van der Waals surface area contributed by atoms with Crippen molar-refractivity contribution in [3.05, 3.63) is 68.2 Å². The molecule has 0 radical (unpaired) electrons. The zero-order valence-corrected chi connectivity index (χ0v) is 11.3. The van der Waals surface area contributed by atoms with E-state index in [1.165, 1.54) is 12.1 Å². The SMILES string of the molecule is O=[N+]([O-])c1ccc(NCc2ccc(Cl)cc2)c(Cl)c1. The highest BCUT2D eigenvalue weighted by Crippen LogP contribution is 2.27. The minimum atomic E-state index is -0.477. The van der Waals surface area contributed by atoms with Crippen molar-refractivity contribution in [1.29, 1.82) is 0 Å². The third-order valence-electron chi connectivity index (χ3n) is 2.56. The van der Waals surface area contributed by atoms with Crippen molar-refractivity contribution in [3.63, 3.8) is 0 Å². The number of halogens is 2. The van der Waals surface area contributed by atoms with Gasteiger partial charge in [-0.3, -0.25) is 10.1 Å². The molecule has 0 spiro atoms. The summed E-state index contributed by atoms with van der Waals surface area (Å²) in [6, 6.07) is 11.7. The van der Waals surface area contributed by atoms with Gasteiger partial charge in [-0.05, 0) is 23.8 Å². The number of non-ortho nitro benzene ring substituents is 1. The molecule has 0 saturated heterocycles. The smallest absolute Gasteiger partial charge is 0.271 e. The Balaban J connectivity index is 2.07. The van der Waals surface area contributed by atoms with E-state index in [1.807, 2.05) is 12.1 Å². The molecule has 0 amide bonds. The predicted molar refractivity (Wildman–Crippen MR) is 76.9 cm³/mol. The van der Waals surface area contributed by atoms with Crippen LogP contribution in [0, 0.1) is 10.1 Å².